The molecule has 3 rings (SSSR count). The van der Waals surface area contributed by atoms with E-state index in [9.17, 15) is 36.2 Å². The number of carbonyl (C=O) groups excluding carboxylic acids is 1. The van der Waals surface area contributed by atoms with E-state index in [1.807, 2.05) is 20.8 Å². The lowest BCUT2D eigenvalue weighted by Gasteiger charge is -2.43. The van der Waals surface area contributed by atoms with E-state index in [0.29, 0.717) is 50.2 Å². The molecule has 1 aliphatic heterocycles. The van der Waals surface area contributed by atoms with Gasteiger partial charge in [0.15, 0.2) is 11.5 Å². The number of ether oxygens (including phenoxy) is 1. The lowest BCUT2D eigenvalue weighted by atomic mass is 9.71. The summed E-state index contributed by atoms with van der Waals surface area (Å²) < 4.78 is 84.6. The third-order valence-corrected chi connectivity index (χ3v) is 7.37. The summed E-state index contributed by atoms with van der Waals surface area (Å²) >= 11 is 0. The van der Waals surface area contributed by atoms with Crippen molar-refractivity contribution in [2.45, 2.75) is 65.0 Å². The highest BCUT2D eigenvalue weighted by molar-refractivity contribution is 5.82. The van der Waals surface area contributed by atoms with Crippen LogP contribution in [0.5, 0.6) is 11.5 Å². The van der Waals surface area contributed by atoms with Crippen molar-refractivity contribution in [2.75, 3.05) is 20.2 Å². The molecule has 1 saturated heterocycles. The Morgan fingerprint density at radius 1 is 1.00 bits per heavy atom. The molecule has 1 aliphatic rings. The van der Waals surface area contributed by atoms with Gasteiger partial charge in [0.2, 0.25) is 5.91 Å². The Bertz CT molecular complexity index is 1120. The van der Waals surface area contributed by atoms with Crippen LogP contribution >= 0.6 is 0 Å². The molecule has 5 nitrogen and oxygen atoms in total. The van der Waals surface area contributed by atoms with Gasteiger partial charge < -0.3 is 15.2 Å². The minimum absolute atomic E-state index is 0.0304. The van der Waals surface area contributed by atoms with E-state index in [4.69, 9.17) is 4.74 Å². The molecule has 2 aromatic rings. The summed E-state index contributed by atoms with van der Waals surface area (Å²) in [6.07, 6.45) is -8.42. The van der Waals surface area contributed by atoms with Crippen molar-refractivity contribution < 1.29 is 41.0 Å². The monoisotopic (exact) mass is 560 g/mol. The zero-order valence-corrected chi connectivity index (χ0v) is 22.3. The van der Waals surface area contributed by atoms with E-state index in [1.165, 1.54) is 7.11 Å². The smallest absolute Gasteiger partial charge is 0.416 e. The fourth-order valence-electron chi connectivity index (χ4n) is 5.30. The molecule has 39 heavy (non-hydrogen) atoms. The van der Waals surface area contributed by atoms with E-state index in [1.54, 1.807) is 18.2 Å². The Hall–Kier alpha value is -2.95. The number of phenols is 1. The fraction of sp³-hybridized carbons (Fsp3) is 0.536. The molecule has 2 aromatic carbocycles. The number of phenolic OH excluding ortho intramolecular Hbond substituents is 1. The molecule has 1 fully saturated rings. The summed E-state index contributed by atoms with van der Waals surface area (Å²) in [6, 6.07) is 6.44. The van der Waals surface area contributed by atoms with Gasteiger partial charge in [0.1, 0.15) is 0 Å². The van der Waals surface area contributed by atoms with Gasteiger partial charge >= 0.3 is 12.4 Å². The van der Waals surface area contributed by atoms with Crippen molar-refractivity contribution in [3.63, 3.8) is 0 Å². The van der Waals surface area contributed by atoms with Crippen LogP contribution in [0.15, 0.2) is 36.4 Å². The number of rotatable bonds is 8. The van der Waals surface area contributed by atoms with Crippen LogP contribution in [0.25, 0.3) is 0 Å². The van der Waals surface area contributed by atoms with Gasteiger partial charge in [-0.3, -0.25) is 9.69 Å². The standard InChI is InChI=1S/C28H34F6N2O3/c1-17(2)15-26(7-9-36(10-8-26)18(3)20-5-6-23(37)24(13-20)39-4)25(38)35-16-19-11-21(27(29,30)31)14-22(12-19)28(32,33)34/h5-6,11-14,17-18,37H,7-10,15-16H2,1-4H3,(H,35,38). The van der Waals surface area contributed by atoms with E-state index < -0.39 is 35.4 Å². The Balaban J connectivity index is 1.76. The minimum atomic E-state index is -4.95. The molecule has 2 N–H and O–H groups in total. The van der Waals surface area contributed by atoms with Gasteiger partial charge in [0.25, 0.3) is 0 Å². The van der Waals surface area contributed by atoms with Crippen LogP contribution in [0.2, 0.25) is 0 Å². The number of nitrogens with zero attached hydrogens (tertiary/aromatic N) is 1. The molecule has 0 spiro atoms. The van der Waals surface area contributed by atoms with Gasteiger partial charge in [-0.15, -0.1) is 0 Å². The van der Waals surface area contributed by atoms with Gasteiger partial charge in [-0.2, -0.15) is 26.3 Å². The number of carbonyl (C=O) groups is 1. The first-order valence-corrected chi connectivity index (χ1v) is 12.7. The molecule has 216 valence electrons. The Labute approximate surface area is 224 Å². The average molecular weight is 561 g/mol. The SMILES string of the molecule is COc1cc(C(C)N2CCC(CC(C)C)(C(=O)NCc3cc(C(F)(F)F)cc(C(F)(F)F)c3)CC2)ccc1O. The second-order valence-corrected chi connectivity index (χ2v) is 10.6. The van der Waals surface area contributed by atoms with E-state index in [-0.39, 0.29) is 35.2 Å². The number of hydrogen-bond donors (Lipinski definition) is 2. The van der Waals surface area contributed by atoms with Crippen molar-refractivity contribution in [1.29, 1.82) is 0 Å². The van der Waals surface area contributed by atoms with E-state index in [2.05, 4.69) is 10.2 Å². The molecule has 1 unspecified atom stereocenters. The third kappa shape index (κ3) is 7.38. The maximum Gasteiger partial charge on any atom is 0.416 e. The van der Waals surface area contributed by atoms with Gasteiger partial charge in [0.05, 0.1) is 23.7 Å². The van der Waals surface area contributed by atoms with Crippen molar-refractivity contribution in [2.24, 2.45) is 11.3 Å². The number of aromatic hydroxyl groups is 1. The number of hydrogen-bond acceptors (Lipinski definition) is 4. The zero-order valence-electron chi connectivity index (χ0n) is 22.3. The molecule has 1 amide bonds. The summed E-state index contributed by atoms with van der Waals surface area (Å²) in [7, 11) is 1.46. The number of benzene rings is 2. The maximum absolute atomic E-state index is 13.4. The highest BCUT2D eigenvalue weighted by Gasteiger charge is 2.43. The molecule has 1 heterocycles. The minimum Gasteiger partial charge on any atom is -0.504 e. The lowest BCUT2D eigenvalue weighted by Crippen LogP contribution is -2.49. The molecule has 0 saturated carbocycles. The normalized spacial score (nSPS) is 17.2. The van der Waals surface area contributed by atoms with Crippen LogP contribution in [0.4, 0.5) is 26.3 Å². The molecule has 0 aliphatic carbocycles. The van der Waals surface area contributed by atoms with Gasteiger partial charge in [-0.05, 0) is 86.7 Å². The van der Waals surface area contributed by atoms with E-state index >= 15 is 0 Å². The third-order valence-electron chi connectivity index (χ3n) is 7.37. The summed E-state index contributed by atoms with van der Waals surface area (Å²) in [4.78, 5) is 15.6. The fourth-order valence-corrected chi connectivity index (χ4v) is 5.30. The first-order valence-electron chi connectivity index (χ1n) is 12.7. The lowest BCUT2D eigenvalue weighted by molar-refractivity contribution is -0.143. The second-order valence-electron chi connectivity index (χ2n) is 10.6. The number of amides is 1. The number of alkyl halides is 6. The predicted molar refractivity (Wildman–Crippen MR) is 134 cm³/mol. The van der Waals surface area contributed by atoms with Crippen LogP contribution in [-0.2, 0) is 23.7 Å². The predicted octanol–water partition coefficient (Wildman–Crippen LogP) is 6.94. The first kappa shape index (κ1) is 30.6. The number of nitrogens with one attached hydrogen (secondary N) is 1. The molecule has 0 aromatic heterocycles. The first-order chi connectivity index (χ1) is 18.1. The van der Waals surface area contributed by atoms with Crippen molar-refractivity contribution in [3.05, 3.63) is 58.7 Å². The van der Waals surface area contributed by atoms with Crippen molar-refractivity contribution >= 4 is 5.91 Å². The van der Waals surface area contributed by atoms with Crippen LogP contribution in [0.3, 0.4) is 0 Å². The highest BCUT2D eigenvalue weighted by Crippen LogP contribution is 2.41. The van der Waals surface area contributed by atoms with E-state index in [0.717, 1.165) is 5.56 Å². The molecular weight excluding hydrogens is 526 g/mol. The number of piperidine rings is 1. The number of likely N-dealkylation sites (tertiary alicyclic amines) is 1. The van der Waals surface area contributed by atoms with Crippen LogP contribution in [-0.4, -0.2) is 36.1 Å². The largest absolute Gasteiger partial charge is 0.504 e. The van der Waals surface area contributed by atoms with Crippen LogP contribution < -0.4 is 10.1 Å². The topological polar surface area (TPSA) is 61.8 Å². The quantitative estimate of drug-likeness (QED) is 0.343. The van der Waals surface area contributed by atoms with Crippen molar-refractivity contribution in [3.8, 4) is 11.5 Å². The number of halogens is 6. The summed E-state index contributed by atoms with van der Waals surface area (Å²) in [6.45, 7) is 6.62. The molecule has 0 radical (unpaired) electrons. The van der Waals surface area contributed by atoms with Crippen LogP contribution in [0.1, 0.15) is 68.3 Å². The molecular formula is C28H34F6N2O3. The molecule has 0 bridgehead atoms. The highest BCUT2D eigenvalue weighted by atomic mass is 19.4. The van der Waals surface area contributed by atoms with Gasteiger partial charge in [0, 0.05) is 12.6 Å². The van der Waals surface area contributed by atoms with Crippen molar-refractivity contribution in [1.82, 2.24) is 10.2 Å². The number of methoxy groups -OCH3 is 1. The molecule has 1 atom stereocenters. The Morgan fingerprint density at radius 3 is 2.05 bits per heavy atom. The summed E-state index contributed by atoms with van der Waals surface area (Å²) in [5, 5.41) is 12.5. The second kappa shape index (κ2) is 11.7. The zero-order chi connectivity index (χ0) is 29.2. The Morgan fingerprint density at radius 2 is 1.56 bits per heavy atom. The van der Waals surface area contributed by atoms with Gasteiger partial charge in [-0.25, -0.2) is 0 Å². The maximum atomic E-state index is 13.4. The van der Waals surface area contributed by atoms with Gasteiger partial charge in [-0.1, -0.05) is 19.9 Å². The summed E-state index contributed by atoms with van der Waals surface area (Å²) in [5.41, 5.74) is -2.96. The Kier molecular flexibility index (Phi) is 9.14. The summed E-state index contributed by atoms with van der Waals surface area (Å²) in [5.74, 6) is 0.156. The van der Waals surface area contributed by atoms with Crippen LogP contribution in [0, 0.1) is 11.3 Å². The molecule has 11 heteroatoms. The average Bonchev–Trinajstić information content (AvgIpc) is 2.86.